The predicted molar refractivity (Wildman–Crippen MR) is 60.9 cm³/mol. The van der Waals surface area contributed by atoms with Crippen LogP contribution in [0.5, 0.6) is 0 Å². The monoisotopic (exact) mass is 217 g/mol. The van der Waals surface area contributed by atoms with Crippen LogP contribution in [0, 0.1) is 12.7 Å². The smallest absolute Gasteiger partial charge is 0.251 e. The van der Waals surface area contributed by atoms with Crippen LogP contribution in [0.3, 0.4) is 0 Å². The molecule has 0 radical (unpaired) electrons. The molecule has 16 heavy (non-hydrogen) atoms. The maximum absolute atomic E-state index is 13.0. The van der Waals surface area contributed by atoms with Crippen molar-refractivity contribution in [1.82, 2.24) is 4.57 Å². The Bertz CT molecular complexity index is 560. The Balaban J connectivity index is 2.38. The van der Waals surface area contributed by atoms with E-state index in [1.807, 2.05) is 19.1 Å². The fourth-order valence-electron chi connectivity index (χ4n) is 1.64. The third kappa shape index (κ3) is 2.19. The highest BCUT2D eigenvalue weighted by Crippen LogP contribution is 2.06. The van der Waals surface area contributed by atoms with Crippen LogP contribution in [-0.4, -0.2) is 4.57 Å². The topological polar surface area (TPSA) is 22.0 Å². The molecule has 2 rings (SSSR count). The van der Waals surface area contributed by atoms with Crippen LogP contribution in [-0.2, 0) is 6.54 Å². The van der Waals surface area contributed by atoms with Crippen molar-refractivity contribution >= 4 is 0 Å². The zero-order valence-corrected chi connectivity index (χ0v) is 8.98. The molecule has 1 heterocycles. The van der Waals surface area contributed by atoms with E-state index in [4.69, 9.17) is 0 Å². The van der Waals surface area contributed by atoms with Gasteiger partial charge in [-0.1, -0.05) is 18.2 Å². The number of aromatic nitrogens is 1. The minimum absolute atomic E-state index is 0.0655. The molecule has 3 heteroatoms. The summed E-state index contributed by atoms with van der Waals surface area (Å²) in [6.45, 7) is 2.27. The summed E-state index contributed by atoms with van der Waals surface area (Å²) in [4.78, 5) is 11.6. The van der Waals surface area contributed by atoms with Gasteiger partial charge in [0.1, 0.15) is 5.82 Å². The molecule has 2 nitrogen and oxygen atoms in total. The summed E-state index contributed by atoms with van der Waals surface area (Å²) >= 11 is 0. The number of benzene rings is 1. The zero-order chi connectivity index (χ0) is 11.5. The lowest BCUT2D eigenvalue weighted by molar-refractivity contribution is 0.622. The van der Waals surface area contributed by atoms with Gasteiger partial charge in [-0.25, -0.2) is 4.39 Å². The molecule has 0 aliphatic carbocycles. The minimum Gasteiger partial charge on any atom is -0.309 e. The Labute approximate surface area is 93.0 Å². The molecule has 0 N–H and O–H groups in total. The highest BCUT2D eigenvalue weighted by Gasteiger charge is 2.01. The van der Waals surface area contributed by atoms with E-state index in [1.54, 1.807) is 16.7 Å². The Morgan fingerprint density at radius 3 is 2.62 bits per heavy atom. The van der Waals surface area contributed by atoms with Crippen molar-refractivity contribution in [2.75, 3.05) is 0 Å². The fourth-order valence-corrected chi connectivity index (χ4v) is 1.64. The van der Waals surface area contributed by atoms with E-state index in [1.165, 1.54) is 18.2 Å². The molecule has 0 amide bonds. The molecule has 0 saturated carbocycles. The first-order chi connectivity index (χ1) is 7.66. The zero-order valence-electron chi connectivity index (χ0n) is 8.98. The molecule has 0 spiro atoms. The third-order valence-electron chi connectivity index (χ3n) is 2.50. The molecule has 0 atom stereocenters. The number of nitrogens with zero attached hydrogens (tertiary/aromatic N) is 1. The fraction of sp³-hybridized carbons (Fsp3) is 0.154. The molecule has 0 aliphatic heterocycles. The number of hydrogen-bond donors (Lipinski definition) is 0. The normalized spacial score (nSPS) is 10.4. The van der Waals surface area contributed by atoms with Gasteiger partial charge >= 0.3 is 0 Å². The molecule has 0 aliphatic rings. The van der Waals surface area contributed by atoms with Crippen LogP contribution in [0.1, 0.15) is 11.3 Å². The van der Waals surface area contributed by atoms with Crippen molar-refractivity contribution in [1.29, 1.82) is 0 Å². The maximum atomic E-state index is 13.0. The van der Waals surface area contributed by atoms with E-state index >= 15 is 0 Å². The highest BCUT2D eigenvalue weighted by atomic mass is 19.1. The van der Waals surface area contributed by atoms with Gasteiger partial charge in [-0.2, -0.15) is 0 Å². The van der Waals surface area contributed by atoms with Crippen molar-refractivity contribution in [3.63, 3.8) is 0 Å². The summed E-state index contributed by atoms with van der Waals surface area (Å²) in [7, 11) is 0. The quantitative estimate of drug-likeness (QED) is 0.756. The van der Waals surface area contributed by atoms with E-state index in [9.17, 15) is 9.18 Å². The van der Waals surface area contributed by atoms with Crippen LogP contribution in [0.4, 0.5) is 4.39 Å². The molecule has 0 saturated heterocycles. The van der Waals surface area contributed by atoms with Crippen LogP contribution < -0.4 is 5.56 Å². The Morgan fingerprint density at radius 1 is 1.19 bits per heavy atom. The first kappa shape index (κ1) is 10.6. The van der Waals surface area contributed by atoms with Gasteiger partial charge in [0.05, 0.1) is 6.54 Å². The SMILES string of the molecule is Cc1cccc(=O)n1Cc1cccc(F)c1. The number of aryl methyl sites for hydroxylation is 1. The van der Waals surface area contributed by atoms with Crippen LogP contribution in [0.2, 0.25) is 0 Å². The Kier molecular flexibility index (Phi) is 2.86. The van der Waals surface area contributed by atoms with E-state index in [0.717, 1.165) is 11.3 Å². The molecular formula is C13H12FNO. The van der Waals surface area contributed by atoms with Gasteiger partial charge in [0, 0.05) is 11.8 Å². The largest absolute Gasteiger partial charge is 0.309 e. The van der Waals surface area contributed by atoms with E-state index in [-0.39, 0.29) is 11.4 Å². The molecule has 2 aromatic rings. The number of pyridine rings is 1. The summed E-state index contributed by atoms with van der Waals surface area (Å²) in [6.07, 6.45) is 0. The summed E-state index contributed by atoms with van der Waals surface area (Å²) in [6, 6.07) is 11.4. The molecule has 0 fully saturated rings. The average molecular weight is 217 g/mol. The van der Waals surface area contributed by atoms with Gasteiger partial charge in [0.25, 0.3) is 5.56 Å². The van der Waals surface area contributed by atoms with Crippen molar-refractivity contribution in [2.24, 2.45) is 0 Å². The summed E-state index contributed by atoms with van der Waals surface area (Å²) in [5.74, 6) is -0.279. The van der Waals surface area contributed by atoms with E-state index in [0.29, 0.717) is 6.54 Å². The van der Waals surface area contributed by atoms with Gasteiger partial charge in [-0.15, -0.1) is 0 Å². The summed E-state index contributed by atoms with van der Waals surface area (Å²) in [5, 5.41) is 0. The lowest BCUT2D eigenvalue weighted by atomic mass is 10.2. The van der Waals surface area contributed by atoms with Crippen LogP contribution in [0.25, 0.3) is 0 Å². The van der Waals surface area contributed by atoms with Crippen LogP contribution >= 0.6 is 0 Å². The Hall–Kier alpha value is -1.90. The second-order valence-corrected chi connectivity index (χ2v) is 3.72. The third-order valence-corrected chi connectivity index (χ3v) is 2.50. The first-order valence-corrected chi connectivity index (χ1v) is 5.08. The van der Waals surface area contributed by atoms with Crippen molar-refractivity contribution in [2.45, 2.75) is 13.5 Å². The summed E-state index contributed by atoms with van der Waals surface area (Å²) < 4.78 is 14.6. The van der Waals surface area contributed by atoms with E-state index in [2.05, 4.69) is 0 Å². The molecule has 82 valence electrons. The minimum atomic E-state index is -0.279. The first-order valence-electron chi connectivity index (χ1n) is 5.08. The van der Waals surface area contributed by atoms with Crippen molar-refractivity contribution < 1.29 is 4.39 Å². The molecule has 0 unspecified atom stereocenters. The molecular weight excluding hydrogens is 205 g/mol. The second-order valence-electron chi connectivity index (χ2n) is 3.72. The van der Waals surface area contributed by atoms with E-state index < -0.39 is 0 Å². The second kappa shape index (κ2) is 4.31. The lowest BCUT2D eigenvalue weighted by Crippen LogP contribution is -2.21. The standard InChI is InChI=1S/C13H12FNO/c1-10-4-2-7-13(16)15(10)9-11-5-3-6-12(14)8-11/h2-8H,9H2,1H3. The lowest BCUT2D eigenvalue weighted by Gasteiger charge is -2.09. The van der Waals surface area contributed by atoms with Gasteiger partial charge in [0.15, 0.2) is 0 Å². The molecule has 0 bridgehead atoms. The highest BCUT2D eigenvalue weighted by molar-refractivity contribution is 5.18. The number of hydrogen-bond acceptors (Lipinski definition) is 1. The van der Waals surface area contributed by atoms with Crippen molar-refractivity contribution in [3.8, 4) is 0 Å². The maximum Gasteiger partial charge on any atom is 0.251 e. The van der Waals surface area contributed by atoms with Crippen LogP contribution in [0.15, 0.2) is 47.3 Å². The predicted octanol–water partition coefficient (Wildman–Crippen LogP) is 2.34. The van der Waals surface area contributed by atoms with Crippen molar-refractivity contribution in [3.05, 3.63) is 69.9 Å². The summed E-state index contributed by atoms with van der Waals surface area (Å²) in [5.41, 5.74) is 1.59. The van der Waals surface area contributed by atoms with Gasteiger partial charge in [-0.3, -0.25) is 4.79 Å². The molecule has 1 aromatic carbocycles. The molecule has 1 aromatic heterocycles. The number of halogens is 1. The van der Waals surface area contributed by atoms with Gasteiger partial charge < -0.3 is 4.57 Å². The average Bonchev–Trinajstić information content (AvgIpc) is 2.24. The Morgan fingerprint density at radius 2 is 1.94 bits per heavy atom. The number of rotatable bonds is 2. The van der Waals surface area contributed by atoms with Gasteiger partial charge in [-0.05, 0) is 30.7 Å². The van der Waals surface area contributed by atoms with Gasteiger partial charge in [0.2, 0.25) is 0 Å².